The summed E-state index contributed by atoms with van der Waals surface area (Å²) >= 11 is 0. The molecular weight excluding hydrogens is 354 g/mol. The van der Waals surface area contributed by atoms with Gasteiger partial charge in [-0.25, -0.2) is 4.98 Å². The zero-order valence-corrected chi connectivity index (χ0v) is 18.2. The van der Waals surface area contributed by atoms with Gasteiger partial charge >= 0.3 is 6.01 Å². The maximum atomic E-state index is 8.31. The highest BCUT2D eigenvalue weighted by atomic mass is 16.5. The van der Waals surface area contributed by atoms with Crippen molar-refractivity contribution in [1.82, 2.24) is 20.2 Å². The number of aryl methyl sites for hydroxylation is 1. The maximum Gasteiger partial charge on any atom is 0.320 e. The number of hydrogen-bond acceptors (Lipinski definition) is 7. The summed E-state index contributed by atoms with van der Waals surface area (Å²) < 4.78 is 11.9. The normalized spacial score (nSPS) is 12.0. The van der Waals surface area contributed by atoms with E-state index in [4.69, 9.17) is 14.9 Å². The summed E-state index contributed by atoms with van der Waals surface area (Å²) in [5.41, 5.74) is 2.36. The minimum atomic E-state index is -0.460. The van der Waals surface area contributed by atoms with Gasteiger partial charge < -0.3 is 14.9 Å². The SMILES string of the molecule is CCCC(=N)c1cc(-c2cnc(OC(C)(C)C)nc2OC(C)(C)C)nnc1C. The molecule has 2 heterocycles. The first-order valence-corrected chi connectivity index (χ1v) is 9.57. The lowest BCUT2D eigenvalue weighted by Crippen LogP contribution is -2.26. The number of ether oxygens (including phenoxy) is 2. The third-order valence-corrected chi connectivity index (χ3v) is 3.61. The quantitative estimate of drug-likeness (QED) is 0.720. The molecule has 0 radical (unpaired) electrons. The third kappa shape index (κ3) is 5.97. The van der Waals surface area contributed by atoms with E-state index < -0.39 is 11.2 Å². The lowest BCUT2D eigenvalue weighted by molar-refractivity contribution is 0.103. The highest BCUT2D eigenvalue weighted by Gasteiger charge is 2.22. The summed E-state index contributed by atoms with van der Waals surface area (Å²) in [6.07, 6.45) is 3.23. The van der Waals surface area contributed by atoms with Crippen molar-refractivity contribution < 1.29 is 9.47 Å². The second-order valence-corrected chi connectivity index (χ2v) is 8.76. The van der Waals surface area contributed by atoms with Gasteiger partial charge in [-0.05, 0) is 61.0 Å². The van der Waals surface area contributed by atoms with E-state index in [9.17, 15) is 0 Å². The predicted molar refractivity (Wildman–Crippen MR) is 110 cm³/mol. The molecule has 1 N–H and O–H groups in total. The van der Waals surface area contributed by atoms with E-state index in [0.717, 1.165) is 17.7 Å². The molecule has 7 heteroatoms. The van der Waals surface area contributed by atoms with E-state index in [2.05, 4.69) is 27.1 Å². The molecule has 0 amide bonds. The van der Waals surface area contributed by atoms with Crippen molar-refractivity contribution in [3.63, 3.8) is 0 Å². The first-order valence-electron chi connectivity index (χ1n) is 9.57. The van der Waals surface area contributed by atoms with Gasteiger partial charge in [0, 0.05) is 17.5 Å². The Bertz CT molecular complexity index is 851. The number of rotatable bonds is 6. The van der Waals surface area contributed by atoms with Crippen LogP contribution in [0.3, 0.4) is 0 Å². The summed E-state index contributed by atoms with van der Waals surface area (Å²) in [6.45, 7) is 15.6. The molecule has 0 atom stereocenters. The zero-order chi connectivity index (χ0) is 21.1. The van der Waals surface area contributed by atoms with Gasteiger partial charge in [-0.15, -0.1) is 5.10 Å². The second-order valence-electron chi connectivity index (χ2n) is 8.76. The highest BCUT2D eigenvalue weighted by molar-refractivity contribution is 5.99. The molecule has 2 rings (SSSR count). The summed E-state index contributed by atoms with van der Waals surface area (Å²) in [5, 5.41) is 16.9. The maximum absolute atomic E-state index is 8.31. The van der Waals surface area contributed by atoms with Crippen molar-refractivity contribution in [2.75, 3.05) is 0 Å². The van der Waals surface area contributed by atoms with Crippen molar-refractivity contribution in [3.8, 4) is 23.1 Å². The van der Waals surface area contributed by atoms with Crippen LogP contribution in [0.25, 0.3) is 11.3 Å². The van der Waals surface area contributed by atoms with Crippen molar-refractivity contribution in [1.29, 1.82) is 5.41 Å². The molecule has 152 valence electrons. The Morgan fingerprint density at radius 1 is 1.04 bits per heavy atom. The molecule has 0 saturated heterocycles. The van der Waals surface area contributed by atoms with Crippen LogP contribution in [0.5, 0.6) is 11.9 Å². The minimum Gasteiger partial charge on any atom is -0.471 e. The van der Waals surface area contributed by atoms with Gasteiger partial charge in [0.1, 0.15) is 16.9 Å². The fraction of sp³-hybridized carbons (Fsp3) is 0.571. The third-order valence-electron chi connectivity index (χ3n) is 3.61. The van der Waals surface area contributed by atoms with Gasteiger partial charge in [0.2, 0.25) is 5.88 Å². The molecule has 0 fully saturated rings. The van der Waals surface area contributed by atoms with Gasteiger partial charge in [0.15, 0.2) is 0 Å². The molecule has 0 spiro atoms. The van der Waals surface area contributed by atoms with Crippen molar-refractivity contribution in [2.24, 2.45) is 0 Å². The molecule has 0 aromatic carbocycles. The van der Waals surface area contributed by atoms with Crippen LogP contribution >= 0.6 is 0 Å². The molecule has 0 bridgehead atoms. The summed E-state index contributed by atoms with van der Waals surface area (Å²) in [5.74, 6) is 0.382. The molecule has 28 heavy (non-hydrogen) atoms. The van der Waals surface area contributed by atoms with E-state index >= 15 is 0 Å². The van der Waals surface area contributed by atoms with Gasteiger partial charge in [0.05, 0.1) is 11.3 Å². The number of nitrogens with zero attached hydrogens (tertiary/aromatic N) is 4. The van der Waals surface area contributed by atoms with Crippen LogP contribution in [0.1, 0.15) is 72.6 Å². The molecule has 0 aliphatic rings. The molecule has 2 aromatic rings. The van der Waals surface area contributed by atoms with Crippen molar-refractivity contribution >= 4 is 5.71 Å². The van der Waals surface area contributed by atoms with Gasteiger partial charge in [-0.3, -0.25) is 0 Å². The van der Waals surface area contributed by atoms with E-state index in [1.165, 1.54) is 0 Å². The van der Waals surface area contributed by atoms with Crippen molar-refractivity contribution in [2.45, 2.75) is 79.4 Å². The fourth-order valence-electron chi connectivity index (χ4n) is 2.49. The summed E-state index contributed by atoms with van der Waals surface area (Å²) in [7, 11) is 0. The predicted octanol–water partition coefficient (Wildman–Crippen LogP) is 4.76. The molecule has 0 saturated carbocycles. The second kappa shape index (κ2) is 8.20. The Hall–Kier alpha value is -2.57. The van der Waals surface area contributed by atoms with Gasteiger partial charge in [0.25, 0.3) is 0 Å². The van der Waals surface area contributed by atoms with E-state index in [1.54, 1.807) is 6.20 Å². The monoisotopic (exact) mass is 385 g/mol. The van der Waals surface area contributed by atoms with E-state index in [0.29, 0.717) is 29.3 Å². The summed E-state index contributed by atoms with van der Waals surface area (Å²) in [6, 6.07) is 2.10. The number of aromatic nitrogens is 4. The molecule has 0 aliphatic heterocycles. The first kappa shape index (κ1) is 21.7. The van der Waals surface area contributed by atoms with Crippen LogP contribution in [0.4, 0.5) is 0 Å². The molecule has 7 nitrogen and oxygen atoms in total. The Morgan fingerprint density at radius 2 is 1.68 bits per heavy atom. The van der Waals surface area contributed by atoms with E-state index in [1.807, 2.05) is 54.5 Å². The lowest BCUT2D eigenvalue weighted by Gasteiger charge is -2.24. The molecular formula is C21H31N5O2. The fourth-order valence-corrected chi connectivity index (χ4v) is 2.49. The van der Waals surface area contributed by atoms with Crippen LogP contribution in [0.2, 0.25) is 0 Å². The summed E-state index contributed by atoms with van der Waals surface area (Å²) in [4.78, 5) is 8.81. The molecule has 0 unspecified atom stereocenters. The van der Waals surface area contributed by atoms with Crippen LogP contribution in [-0.4, -0.2) is 37.1 Å². The number of nitrogens with one attached hydrogen (secondary N) is 1. The smallest absolute Gasteiger partial charge is 0.320 e. The zero-order valence-electron chi connectivity index (χ0n) is 18.2. The highest BCUT2D eigenvalue weighted by Crippen LogP contribution is 2.31. The topological polar surface area (TPSA) is 93.9 Å². The van der Waals surface area contributed by atoms with Crippen LogP contribution in [0.15, 0.2) is 12.3 Å². The largest absolute Gasteiger partial charge is 0.471 e. The van der Waals surface area contributed by atoms with Gasteiger partial charge in [-0.1, -0.05) is 13.3 Å². The van der Waals surface area contributed by atoms with Crippen LogP contribution in [0, 0.1) is 12.3 Å². The lowest BCUT2D eigenvalue weighted by atomic mass is 10.0. The number of hydrogen-bond donors (Lipinski definition) is 1. The minimum absolute atomic E-state index is 0.245. The van der Waals surface area contributed by atoms with E-state index in [-0.39, 0.29) is 6.01 Å². The average Bonchev–Trinajstić information content (AvgIpc) is 2.53. The molecule has 0 aliphatic carbocycles. The molecule has 2 aromatic heterocycles. The van der Waals surface area contributed by atoms with Crippen LogP contribution < -0.4 is 9.47 Å². The van der Waals surface area contributed by atoms with Crippen LogP contribution in [-0.2, 0) is 0 Å². The average molecular weight is 386 g/mol. The Morgan fingerprint density at radius 3 is 2.25 bits per heavy atom. The Kier molecular flexibility index (Phi) is 6.37. The van der Waals surface area contributed by atoms with Gasteiger partial charge in [-0.2, -0.15) is 10.1 Å². The van der Waals surface area contributed by atoms with Crippen molar-refractivity contribution in [3.05, 3.63) is 23.5 Å². The first-order chi connectivity index (χ1) is 12.9. The standard InChI is InChI=1S/C21H31N5O2/c1-9-10-16(22)14-11-17(26-25-13(14)2)15-12-23-19(28-21(6,7)8)24-18(15)27-20(3,4)5/h11-12,22H,9-10H2,1-8H3. The Labute approximate surface area is 167 Å². The Balaban J connectivity index is 2.54.